The van der Waals surface area contributed by atoms with Crippen LogP contribution >= 0.6 is 0 Å². The van der Waals surface area contributed by atoms with E-state index in [0.29, 0.717) is 23.0 Å². The van der Waals surface area contributed by atoms with Crippen molar-refractivity contribution in [3.63, 3.8) is 0 Å². The number of rotatable bonds is 7. The van der Waals surface area contributed by atoms with Crippen LogP contribution in [0.2, 0.25) is 0 Å². The Kier molecular flexibility index (Phi) is 9.52. The number of hydrogen-bond acceptors (Lipinski definition) is 3. The van der Waals surface area contributed by atoms with E-state index in [9.17, 15) is 14.7 Å². The van der Waals surface area contributed by atoms with E-state index in [1.54, 1.807) is 5.57 Å². The van der Waals surface area contributed by atoms with E-state index in [1.165, 1.54) is 57.8 Å². The van der Waals surface area contributed by atoms with E-state index >= 15 is 0 Å². The topological polar surface area (TPSA) is 94.8 Å². The highest BCUT2D eigenvalue weighted by atomic mass is 16.4. The van der Waals surface area contributed by atoms with Gasteiger partial charge in [0.2, 0.25) is 0 Å². The molecule has 3 saturated carbocycles. The average Bonchev–Trinajstić information content (AvgIpc) is 3.15. The Balaban J connectivity index is 0.000000392. The first-order chi connectivity index (χ1) is 16.9. The Bertz CT molecular complexity index is 828. The first-order valence-corrected chi connectivity index (χ1v) is 14.4. The van der Waals surface area contributed by atoms with Gasteiger partial charge in [0.05, 0.1) is 6.10 Å². The molecule has 4 aliphatic carbocycles. The first-order valence-electron chi connectivity index (χ1n) is 14.4. The highest BCUT2D eigenvalue weighted by molar-refractivity contribution is 5.89. The molecule has 0 aliphatic heterocycles. The third-order valence-corrected chi connectivity index (χ3v) is 10.6. The van der Waals surface area contributed by atoms with Gasteiger partial charge in [-0.2, -0.15) is 0 Å². The molecular weight excluding hydrogens is 452 g/mol. The lowest BCUT2D eigenvalue weighted by molar-refractivity contribution is -0.134. The third-order valence-electron chi connectivity index (χ3n) is 10.6. The zero-order valence-electron chi connectivity index (χ0n) is 23.2. The van der Waals surface area contributed by atoms with Crippen molar-refractivity contribution >= 4 is 11.9 Å². The summed E-state index contributed by atoms with van der Waals surface area (Å²) in [5.74, 6) is 2.94. The molecule has 0 aromatic heterocycles. The van der Waals surface area contributed by atoms with Crippen LogP contribution in [0.15, 0.2) is 23.8 Å². The molecule has 8 atom stereocenters. The highest BCUT2D eigenvalue weighted by Gasteiger charge is 2.59. The molecule has 4 rings (SSSR count). The number of carboxylic acid groups (broad SMARTS) is 2. The van der Waals surface area contributed by atoms with Crippen molar-refractivity contribution in [2.24, 2.45) is 46.3 Å². The number of aliphatic hydroxyl groups is 1. The summed E-state index contributed by atoms with van der Waals surface area (Å²) in [6.07, 6.45) is 18.3. The summed E-state index contributed by atoms with van der Waals surface area (Å²) in [6.45, 7) is 12.6. The summed E-state index contributed by atoms with van der Waals surface area (Å²) in [5.41, 5.74) is 2.60. The number of carboxylic acids is 2. The van der Waals surface area contributed by atoms with E-state index in [0.717, 1.165) is 48.3 Å². The van der Waals surface area contributed by atoms with Crippen LogP contribution in [0.3, 0.4) is 0 Å². The molecule has 3 fully saturated rings. The Hall–Kier alpha value is -1.62. The Morgan fingerprint density at radius 3 is 2.25 bits per heavy atom. The lowest BCUT2D eigenvalue weighted by Gasteiger charge is -2.58. The van der Waals surface area contributed by atoms with Gasteiger partial charge in [-0.25, -0.2) is 9.59 Å². The van der Waals surface area contributed by atoms with E-state index < -0.39 is 11.9 Å². The molecule has 0 radical (unpaired) electrons. The zero-order valence-corrected chi connectivity index (χ0v) is 23.2. The summed E-state index contributed by atoms with van der Waals surface area (Å²) in [5, 5.41) is 25.8. The molecular formula is C31H50O5. The van der Waals surface area contributed by atoms with Crippen LogP contribution in [0.1, 0.15) is 105 Å². The van der Waals surface area contributed by atoms with Crippen LogP contribution in [-0.2, 0) is 9.59 Å². The SMILES string of the molecule is CC(C)CCC[C@@H](C)[C@H]1CC[C@H]2[C@@H]3CC=C4C[C@@H](O)CC[C@]4(C)[C@H]3CC[C@]12C.O=C(O)/C=C\C(=O)O. The molecule has 0 aromatic rings. The quantitative estimate of drug-likeness (QED) is 0.255. The van der Waals surface area contributed by atoms with Crippen LogP contribution in [0.4, 0.5) is 0 Å². The van der Waals surface area contributed by atoms with Crippen LogP contribution in [0.25, 0.3) is 0 Å². The molecule has 0 spiro atoms. The van der Waals surface area contributed by atoms with Crippen molar-refractivity contribution < 1.29 is 24.9 Å². The van der Waals surface area contributed by atoms with Gasteiger partial charge in [-0.15, -0.1) is 0 Å². The smallest absolute Gasteiger partial charge is 0.328 e. The summed E-state index contributed by atoms with van der Waals surface area (Å²) in [4.78, 5) is 19.1. The van der Waals surface area contributed by atoms with E-state index in [-0.39, 0.29) is 6.10 Å². The lowest BCUT2D eigenvalue weighted by Crippen LogP contribution is -2.50. The summed E-state index contributed by atoms with van der Waals surface area (Å²) in [7, 11) is 0. The third kappa shape index (κ3) is 6.26. The van der Waals surface area contributed by atoms with Gasteiger partial charge in [-0.1, -0.05) is 65.5 Å². The van der Waals surface area contributed by atoms with Gasteiger partial charge in [0, 0.05) is 12.2 Å². The number of fused-ring (bicyclic) bond motifs is 5. The second-order valence-electron chi connectivity index (χ2n) is 13.2. The van der Waals surface area contributed by atoms with Gasteiger partial charge in [-0.3, -0.25) is 0 Å². The van der Waals surface area contributed by atoms with Gasteiger partial charge >= 0.3 is 11.9 Å². The summed E-state index contributed by atoms with van der Waals surface area (Å²) < 4.78 is 0. The Morgan fingerprint density at radius 2 is 1.64 bits per heavy atom. The second kappa shape index (κ2) is 11.8. The molecule has 0 heterocycles. The molecule has 204 valence electrons. The molecule has 0 amide bonds. The van der Waals surface area contributed by atoms with Crippen molar-refractivity contribution in [3.05, 3.63) is 23.8 Å². The highest BCUT2D eigenvalue weighted by Crippen LogP contribution is 2.67. The average molecular weight is 503 g/mol. The molecule has 5 nitrogen and oxygen atoms in total. The molecule has 0 bridgehead atoms. The predicted molar refractivity (Wildman–Crippen MR) is 143 cm³/mol. The number of allylic oxidation sites excluding steroid dienone is 1. The minimum Gasteiger partial charge on any atom is -0.478 e. The van der Waals surface area contributed by atoms with Crippen molar-refractivity contribution in [2.45, 2.75) is 111 Å². The fraction of sp³-hybridized carbons (Fsp3) is 0.806. The summed E-state index contributed by atoms with van der Waals surface area (Å²) in [6, 6.07) is 0. The minimum atomic E-state index is -1.26. The molecule has 0 saturated heterocycles. The van der Waals surface area contributed by atoms with Gasteiger partial charge < -0.3 is 15.3 Å². The maximum absolute atomic E-state index is 10.2. The van der Waals surface area contributed by atoms with Gasteiger partial charge in [-0.05, 0) is 97.7 Å². The fourth-order valence-electron chi connectivity index (χ4n) is 8.81. The second-order valence-corrected chi connectivity index (χ2v) is 13.2. The lowest BCUT2D eigenvalue weighted by atomic mass is 9.47. The van der Waals surface area contributed by atoms with E-state index in [1.807, 2.05) is 0 Å². The van der Waals surface area contributed by atoms with Gasteiger partial charge in [0.1, 0.15) is 0 Å². The first kappa shape index (κ1) is 28.9. The Labute approximate surface area is 218 Å². The molecule has 36 heavy (non-hydrogen) atoms. The van der Waals surface area contributed by atoms with E-state index in [4.69, 9.17) is 10.2 Å². The molecule has 4 aliphatic rings. The van der Waals surface area contributed by atoms with Crippen LogP contribution < -0.4 is 0 Å². The molecule has 3 N–H and O–H groups in total. The minimum absolute atomic E-state index is 0.0766. The van der Waals surface area contributed by atoms with Crippen LogP contribution in [0, 0.1) is 46.3 Å². The largest absolute Gasteiger partial charge is 0.478 e. The van der Waals surface area contributed by atoms with Gasteiger partial charge in [0.25, 0.3) is 0 Å². The number of aliphatic carboxylic acids is 2. The zero-order chi connectivity index (χ0) is 26.7. The maximum Gasteiger partial charge on any atom is 0.328 e. The van der Waals surface area contributed by atoms with Crippen LogP contribution in [0.5, 0.6) is 0 Å². The number of hydrogen-bond donors (Lipinski definition) is 3. The monoisotopic (exact) mass is 502 g/mol. The molecule has 0 unspecified atom stereocenters. The van der Waals surface area contributed by atoms with Crippen molar-refractivity contribution in [2.75, 3.05) is 0 Å². The molecule has 0 aromatic carbocycles. The number of carbonyl (C=O) groups is 2. The standard InChI is InChI=1S/C27H46O.C4H4O4/c1-18(2)7-6-8-19(3)23-11-12-24-22-10-9-20-17-21(28)13-15-26(20,4)25(22)14-16-27(23,24)5;5-3(6)1-2-4(7)8/h9,18-19,21-25,28H,6-8,10-17H2,1-5H3;1-2H,(H,5,6)(H,7,8)/b;2-1-/t19-,21+,22+,23-,24+,25+,26+,27-;/m1./s1. The van der Waals surface area contributed by atoms with E-state index in [2.05, 4.69) is 40.7 Å². The van der Waals surface area contributed by atoms with Crippen molar-refractivity contribution in [1.29, 1.82) is 0 Å². The summed E-state index contributed by atoms with van der Waals surface area (Å²) >= 11 is 0. The number of aliphatic hydroxyl groups excluding tert-OH is 1. The van der Waals surface area contributed by atoms with Crippen molar-refractivity contribution in [3.8, 4) is 0 Å². The van der Waals surface area contributed by atoms with Crippen molar-refractivity contribution in [1.82, 2.24) is 0 Å². The predicted octanol–water partition coefficient (Wildman–Crippen LogP) is 7.10. The van der Waals surface area contributed by atoms with Crippen LogP contribution in [-0.4, -0.2) is 33.4 Å². The Morgan fingerprint density at radius 1 is 0.972 bits per heavy atom. The van der Waals surface area contributed by atoms with Gasteiger partial charge in [0.15, 0.2) is 0 Å². The normalized spacial score (nSPS) is 38.3. The molecule has 5 heteroatoms. The maximum atomic E-state index is 10.2. The fourth-order valence-corrected chi connectivity index (χ4v) is 8.81.